The number of nitrogens with one attached hydrogen (secondary N) is 1. The lowest BCUT2D eigenvalue weighted by Gasteiger charge is -2.16. The Balaban J connectivity index is 2.43. The second-order valence-electron chi connectivity index (χ2n) is 2.60. The Labute approximate surface area is 71.4 Å². The van der Waals surface area contributed by atoms with Gasteiger partial charge in [-0.05, 0) is 36.6 Å². The summed E-state index contributed by atoms with van der Waals surface area (Å²) in [5.74, 6) is 0. The zero-order valence-electron chi connectivity index (χ0n) is 6.02. The molecule has 1 heterocycles. The Bertz CT molecular complexity index is 270. The maximum absolute atomic E-state index is 5.83. The van der Waals surface area contributed by atoms with Crippen molar-refractivity contribution in [1.82, 2.24) is 0 Å². The van der Waals surface area contributed by atoms with Crippen molar-refractivity contribution < 1.29 is 0 Å². The molecule has 0 aromatic heterocycles. The lowest BCUT2D eigenvalue weighted by atomic mass is 10.0. The van der Waals surface area contributed by atoms with Crippen molar-refractivity contribution in [2.75, 3.05) is 5.32 Å². The Morgan fingerprint density at radius 3 is 3.27 bits per heavy atom. The monoisotopic (exact) mass is 165 g/mol. The van der Waals surface area contributed by atoms with E-state index >= 15 is 0 Å². The van der Waals surface area contributed by atoms with Gasteiger partial charge in [0.25, 0.3) is 0 Å². The Morgan fingerprint density at radius 1 is 1.45 bits per heavy atom. The fourth-order valence-electron chi connectivity index (χ4n) is 1.25. The van der Waals surface area contributed by atoms with Crippen molar-refractivity contribution in [3.05, 3.63) is 35.3 Å². The molecule has 0 spiro atoms. The van der Waals surface area contributed by atoms with Gasteiger partial charge < -0.3 is 5.32 Å². The molecule has 0 saturated carbocycles. The highest BCUT2D eigenvalue weighted by atomic mass is 35.5. The van der Waals surface area contributed by atoms with Gasteiger partial charge in [0.05, 0.1) is 6.54 Å². The third-order valence-corrected chi connectivity index (χ3v) is 2.04. The smallest absolute Gasteiger partial charge is 0.0883 e. The predicted molar refractivity (Wildman–Crippen MR) is 46.6 cm³/mol. The zero-order chi connectivity index (χ0) is 7.68. The third kappa shape index (κ3) is 1.33. The molecule has 1 N–H and O–H groups in total. The van der Waals surface area contributed by atoms with E-state index in [9.17, 15) is 0 Å². The fraction of sp³-hybridized carbons (Fsp3) is 0.222. The van der Waals surface area contributed by atoms with Crippen LogP contribution in [0.25, 0.3) is 0 Å². The van der Waals surface area contributed by atoms with Gasteiger partial charge in [-0.25, -0.2) is 0 Å². The Kier molecular flexibility index (Phi) is 1.74. The minimum Gasteiger partial charge on any atom is -0.375 e. The normalized spacial score (nSPS) is 15.4. The van der Waals surface area contributed by atoms with Gasteiger partial charge in [0.15, 0.2) is 0 Å². The maximum atomic E-state index is 5.83. The van der Waals surface area contributed by atoms with Gasteiger partial charge in [0, 0.05) is 10.7 Å². The fourth-order valence-corrected chi connectivity index (χ4v) is 1.44. The molecule has 1 aromatic rings. The van der Waals surface area contributed by atoms with Crippen molar-refractivity contribution in [2.24, 2.45) is 0 Å². The molecule has 2 rings (SSSR count). The molecule has 0 saturated heterocycles. The van der Waals surface area contributed by atoms with Crippen LogP contribution in [0, 0.1) is 6.54 Å². The van der Waals surface area contributed by atoms with Crippen LogP contribution in [0.2, 0.25) is 5.02 Å². The molecule has 56 valence electrons. The Morgan fingerprint density at radius 2 is 2.36 bits per heavy atom. The van der Waals surface area contributed by atoms with Crippen LogP contribution in [0.1, 0.15) is 12.0 Å². The summed E-state index contributed by atoms with van der Waals surface area (Å²) in [6.45, 7) is 3.07. The number of hydrogen-bond acceptors (Lipinski definition) is 1. The highest BCUT2D eigenvalue weighted by Crippen LogP contribution is 2.25. The summed E-state index contributed by atoms with van der Waals surface area (Å²) in [5.41, 5.74) is 2.43. The van der Waals surface area contributed by atoms with Crippen LogP contribution in [0.4, 0.5) is 5.69 Å². The molecular formula is C9H8ClN. The van der Waals surface area contributed by atoms with E-state index in [2.05, 4.69) is 11.9 Å². The molecule has 0 atom stereocenters. The lowest BCUT2D eigenvalue weighted by Crippen LogP contribution is -2.06. The topological polar surface area (TPSA) is 12.0 Å². The number of halogens is 1. The maximum Gasteiger partial charge on any atom is 0.0883 e. The number of aryl methyl sites for hydroxylation is 1. The second-order valence-corrected chi connectivity index (χ2v) is 3.04. The second kappa shape index (κ2) is 2.74. The Hall–Kier alpha value is -0.690. The van der Waals surface area contributed by atoms with Crippen molar-refractivity contribution in [3.8, 4) is 0 Å². The van der Waals surface area contributed by atoms with E-state index in [-0.39, 0.29) is 0 Å². The molecule has 1 aliphatic rings. The van der Waals surface area contributed by atoms with Gasteiger partial charge in [-0.1, -0.05) is 11.6 Å². The van der Waals surface area contributed by atoms with Gasteiger partial charge in [-0.2, -0.15) is 0 Å². The van der Waals surface area contributed by atoms with Crippen molar-refractivity contribution in [3.63, 3.8) is 0 Å². The standard InChI is InChI=1S/C9H8ClN/c10-8-3-4-9-7(6-8)2-1-5-11-9/h3-4,6,11H,1-2H2. The molecule has 1 aliphatic heterocycles. The first-order valence-corrected chi connectivity index (χ1v) is 4.01. The van der Waals surface area contributed by atoms with E-state index in [1.165, 1.54) is 5.56 Å². The summed E-state index contributed by atoms with van der Waals surface area (Å²) < 4.78 is 0. The van der Waals surface area contributed by atoms with Crippen LogP contribution in [0.3, 0.4) is 0 Å². The van der Waals surface area contributed by atoms with Crippen LogP contribution in [0.15, 0.2) is 18.2 Å². The van der Waals surface area contributed by atoms with Gasteiger partial charge in [0.1, 0.15) is 0 Å². The molecule has 2 heteroatoms. The van der Waals surface area contributed by atoms with Crippen molar-refractivity contribution in [1.29, 1.82) is 0 Å². The van der Waals surface area contributed by atoms with Crippen LogP contribution < -0.4 is 5.32 Å². The first-order chi connectivity index (χ1) is 5.36. The van der Waals surface area contributed by atoms with Gasteiger partial charge in [-0.3, -0.25) is 0 Å². The number of fused-ring (bicyclic) bond motifs is 1. The number of rotatable bonds is 0. The molecule has 0 amide bonds. The molecule has 0 aliphatic carbocycles. The van der Waals surface area contributed by atoms with Crippen LogP contribution in [-0.2, 0) is 6.42 Å². The summed E-state index contributed by atoms with van der Waals surface area (Å²) in [6, 6.07) is 5.88. The SMILES string of the molecule is Clc1ccc2c(c1)CC[C]N2. The van der Waals surface area contributed by atoms with E-state index < -0.39 is 0 Å². The minimum atomic E-state index is 0.812. The van der Waals surface area contributed by atoms with Crippen LogP contribution >= 0.6 is 11.6 Å². The molecule has 1 nitrogen and oxygen atoms in total. The molecule has 0 unspecified atom stereocenters. The van der Waals surface area contributed by atoms with E-state index in [0.29, 0.717) is 0 Å². The van der Waals surface area contributed by atoms with Gasteiger partial charge >= 0.3 is 0 Å². The summed E-state index contributed by atoms with van der Waals surface area (Å²) in [6.07, 6.45) is 2.01. The summed E-state index contributed by atoms with van der Waals surface area (Å²) in [7, 11) is 0. The third-order valence-electron chi connectivity index (χ3n) is 1.81. The molecule has 11 heavy (non-hydrogen) atoms. The number of hydrogen-bond donors (Lipinski definition) is 1. The van der Waals surface area contributed by atoms with Crippen molar-refractivity contribution in [2.45, 2.75) is 12.8 Å². The van der Waals surface area contributed by atoms with E-state index in [4.69, 9.17) is 11.6 Å². The van der Waals surface area contributed by atoms with E-state index in [1.807, 2.05) is 18.2 Å². The highest BCUT2D eigenvalue weighted by Gasteiger charge is 2.07. The number of benzene rings is 1. The molecule has 1 aromatic carbocycles. The van der Waals surface area contributed by atoms with Crippen LogP contribution in [0.5, 0.6) is 0 Å². The minimum absolute atomic E-state index is 0.812. The average Bonchev–Trinajstić information content (AvgIpc) is 2.04. The number of anilines is 1. The summed E-state index contributed by atoms with van der Waals surface area (Å²) in [4.78, 5) is 0. The summed E-state index contributed by atoms with van der Waals surface area (Å²) in [5, 5.41) is 3.89. The molecule has 0 fully saturated rings. The molecule has 2 radical (unpaired) electrons. The zero-order valence-corrected chi connectivity index (χ0v) is 6.78. The van der Waals surface area contributed by atoms with E-state index in [1.54, 1.807) is 0 Å². The quantitative estimate of drug-likeness (QED) is 0.624. The largest absolute Gasteiger partial charge is 0.375 e. The van der Waals surface area contributed by atoms with Crippen LogP contribution in [-0.4, -0.2) is 0 Å². The first kappa shape index (κ1) is 6.99. The first-order valence-electron chi connectivity index (χ1n) is 3.63. The lowest BCUT2D eigenvalue weighted by molar-refractivity contribution is 0.909. The van der Waals surface area contributed by atoms with E-state index in [0.717, 1.165) is 23.6 Å². The molecule has 0 bridgehead atoms. The van der Waals surface area contributed by atoms with Gasteiger partial charge in [0.2, 0.25) is 0 Å². The van der Waals surface area contributed by atoms with Gasteiger partial charge in [-0.15, -0.1) is 0 Å². The predicted octanol–water partition coefficient (Wildman–Crippen LogP) is 2.74. The van der Waals surface area contributed by atoms with Crippen molar-refractivity contribution >= 4 is 17.3 Å². The summed E-state index contributed by atoms with van der Waals surface area (Å²) >= 11 is 5.83. The highest BCUT2D eigenvalue weighted by molar-refractivity contribution is 6.30. The molecular weight excluding hydrogens is 158 g/mol. The average molecular weight is 166 g/mol.